The van der Waals surface area contributed by atoms with Crippen LogP contribution in [0.3, 0.4) is 0 Å². The Bertz CT molecular complexity index is 722. The van der Waals surface area contributed by atoms with Gasteiger partial charge in [0.05, 0.1) is 5.52 Å². The van der Waals surface area contributed by atoms with Crippen LogP contribution in [-0.4, -0.2) is 33.9 Å². The van der Waals surface area contributed by atoms with E-state index in [1.165, 1.54) is 0 Å². The molecule has 122 valence electrons. The van der Waals surface area contributed by atoms with Gasteiger partial charge in [-0.1, -0.05) is 44.2 Å². The molecule has 0 atom stereocenters. The summed E-state index contributed by atoms with van der Waals surface area (Å²) in [5.74, 6) is 0.592. The second-order valence-electron chi connectivity index (χ2n) is 5.23. The molecule has 0 aliphatic heterocycles. The largest absolute Gasteiger partial charge is 0.471 e. The zero-order chi connectivity index (χ0) is 16.7. The molecule has 0 bridgehead atoms. The van der Waals surface area contributed by atoms with Crippen LogP contribution in [-0.2, 0) is 13.2 Å². The first-order chi connectivity index (χ1) is 11.2. The molecule has 0 saturated heterocycles. The molecule has 23 heavy (non-hydrogen) atoms. The molecule has 0 amide bonds. The summed E-state index contributed by atoms with van der Waals surface area (Å²) in [5, 5.41) is 0. The molecule has 2 heterocycles. The first-order valence-electron chi connectivity index (χ1n) is 7.86. The molecule has 2 aromatic heterocycles. The zero-order valence-electron chi connectivity index (χ0n) is 14.2. The number of hydrogen-bond acceptors (Lipinski definition) is 4. The van der Waals surface area contributed by atoms with Gasteiger partial charge in [-0.3, -0.25) is 0 Å². The van der Waals surface area contributed by atoms with Gasteiger partial charge in [0.15, 0.2) is 0 Å². The molecule has 1 aromatic carbocycles. The smallest absolute Gasteiger partial charge is 0.241 e. The van der Waals surface area contributed by atoms with Crippen molar-refractivity contribution >= 4 is 11.0 Å². The SMILES string of the molecule is CC.CN(C)Cc1c[nH]c2c(OCc3ccccc3)ncnc12. The van der Waals surface area contributed by atoms with Crippen molar-refractivity contribution in [1.29, 1.82) is 0 Å². The number of rotatable bonds is 5. The van der Waals surface area contributed by atoms with Gasteiger partial charge in [0, 0.05) is 18.3 Å². The van der Waals surface area contributed by atoms with Crippen molar-refractivity contribution in [2.45, 2.75) is 27.0 Å². The first-order valence-corrected chi connectivity index (χ1v) is 7.86. The molecule has 3 aromatic rings. The molecule has 0 saturated carbocycles. The molecule has 0 aliphatic carbocycles. The van der Waals surface area contributed by atoms with Crippen molar-refractivity contribution in [1.82, 2.24) is 19.9 Å². The molecule has 0 fully saturated rings. The molecular weight excluding hydrogens is 288 g/mol. The van der Waals surface area contributed by atoms with E-state index in [0.29, 0.717) is 12.5 Å². The number of hydrogen-bond donors (Lipinski definition) is 1. The Morgan fingerprint density at radius 1 is 1.09 bits per heavy atom. The van der Waals surface area contributed by atoms with Crippen molar-refractivity contribution < 1.29 is 4.74 Å². The fourth-order valence-electron chi connectivity index (χ4n) is 2.27. The Hall–Kier alpha value is -2.40. The molecule has 1 N–H and O–H groups in total. The number of nitrogens with zero attached hydrogens (tertiary/aromatic N) is 3. The number of aromatic nitrogens is 3. The van der Waals surface area contributed by atoms with Gasteiger partial charge in [-0.05, 0) is 19.7 Å². The van der Waals surface area contributed by atoms with Gasteiger partial charge < -0.3 is 14.6 Å². The van der Waals surface area contributed by atoms with Crippen LogP contribution >= 0.6 is 0 Å². The minimum absolute atomic E-state index is 0.495. The molecule has 5 heteroatoms. The predicted octanol–water partition coefficient (Wildman–Crippen LogP) is 3.62. The van der Waals surface area contributed by atoms with E-state index >= 15 is 0 Å². The molecule has 0 aliphatic rings. The van der Waals surface area contributed by atoms with Crippen LogP contribution in [0.4, 0.5) is 0 Å². The molecule has 0 unspecified atom stereocenters. The van der Waals surface area contributed by atoms with Gasteiger partial charge >= 0.3 is 0 Å². The zero-order valence-corrected chi connectivity index (χ0v) is 14.2. The van der Waals surface area contributed by atoms with E-state index in [-0.39, 0.29) is 0 Å². The number of nitrogens with one attached hydrogen (secondary N) is 1. The van der Waals surface area contributed by atoms with Crippen LogP contribution in [0.2, 0.25) is 0 Å². The van der Waals surface area contributed by atoms with Gasteiger partial charge in [-0.2, -0.15) is 4.98 Å². The number of fused-ring (bicyclic) bond motifs is 1. The summed E-state index contributed by atoms with van der Waals surface area (Å²) in [5.41, 5.74) is 4.03. The van der Waals surface area contributed by atoms with Gasteiger partial charge in [-0.25, -0.2) is 4.98 Å². The lowest BCUT2D eigenvalue weighted by Gasteiger charge is -2.08. The summed E-state index contributed by atoms with van der Waals surface area (Å²) in [4.78, 5) is 13.9. The highest BCUT2D eigenvalue weighted by Gasteiger charge is 2.11. The van der Waals surface area contributed by atoms with Crippen LogP contribution in [0.1, 0.15) is 25.0 Å². The molecule has 3 rings (SSSR count). The van der Waals surface area contributed by atoms with Crippen molar-refractivity contribution in [3.05, 3.63) is 54.0 Å². The van der Waals surface area contributed by atoms with Crippen LogP contribution in [0.5, 0.6) is 5.88 Å². The van der Waals surface area contributed by atoms with E-state index in [0.717, 1.165) is 28.7 Å². The fraction of sp³-hybridized carbons (Fsp3) is 0.333. The summed E-state index contributed by atoms with van der Waals surface area (Å²) in [7, 11) is 4.07. The van der Waals surface area contributed by atoms with E-state index in [2.05, 4.69) is 19.9 Å². The maximum Gasteiger partial charge on any atom is 0.241 e. The van der Waals surface area contributed by atoms with Crippen LogP contribution in [0, 0.1) is 0 Å². The monoisotopic (exact) mass is 312 g/mol. The maximum absolute atomic E-state index is 5.83. The minimum Gasteiger partial charge on any atom is -0.471 e. The third-order valence-corrected chi connectivity index (χ3v) is 3.21. The quantitative estimate of drug-likeness (QED) is 0.781. The second-order valence-corrected chi connectivity index (χ2v) is 5.23. The van der Waals surface area contributed by atoms with Crippen molar-refractivity contribution in [3.63, 3.8) is 0 Å². The lowest BCUT2D eigenvalue weighted by molar-refractivity contribution is 0.297. The molecule has 0 radical (unpaired) electrons. The van der Waals surface area contributed by atoms with Gasteiger partial charge in [0.25, 0.3) is 0 Å². The second kappa shape index (κ2) is 8.29. The van der Waals surface area contributed by atoms with E-state index in [9.17, 15) is 0 Å². The number of ether oxygens (including phenoxy) is 1. The van der Waals surface area contributed by atoms with E-state index in [1.807, 2.05) is 64.5 Å². The highest BCUT2D eigenvalue weighted by molar-refractivity contribution is 5.82. The third kappa shape index (κ3) is 4.29. The average Bonchev–Trinajstić information content (AvgIpc) is 2.99. The number of H-pyrrole nitrogens is 1. The van der Waals surface area contributed by atoms with Crippen LogP contribution in [0.25, 0.3) is 11.0 Å². The van der Waals surface area contributed by atoms with Crippen molar-refractivity contribution in [2.24, 2.45) is 0 Å². The fourth-order valence-corrected chi connectivity index (χ4v) is 2.27. The highest BCUT2D eigenvalue weighted by atomic mass is 16.5. The van der Waals surface area contributed by atoms with E-state index < -0.39 is 0 Å². The minimum atomic E-state index is 0.495. The summed E-state index contributed by atoms with van der Waals surface area (Å²) < 4.78 is 5.83. The molecular formula is C18H24N4O. The Balaban J connectivity index is 0.000000924. The summed E-state index contributed by atoms with van der Waals surface area (Å²) in [6.07, 6.45) is 3.52. The predicted molar refractivity (Wildman–Crippen MR) is 93.4 cm³/mol. The maximum atomic E-state index is 5.83. The van der Waals surface area contributed by atoms with E-state index in [4.69, 9.17) is 4.74 Å². The van der Waals surface area contributed by atoms with E-state index in [1.54, 1.807) is 6.33 Å². The first kappa shape index (κ1) is 17.0. The van der Waals surface area contributed by atoms with Gasteiger partial charge in [0.2, 0.25) is 5.88 Å². The normalized spacial score (nSPS) is 10.5. The lowest BCUT2D eigenvalue weighted by Crippen LogP contribution is -2.10. The summed E-state index contributed by atoms with van der Waals surface area (Å²) in [6.45, 7) is 5.32. The van der Waals surface area contributed by atoms with Crippen molar-refractivity contribution in [2.75, 3.05) is 14.1 Å². The summed E-state index contributed by atoms with van der Waals surface area (Å²) >= 11 is 0. The Kier molecular flexibility index (Phi) is 6.11. The molecule has 0 spiro atoms. The van der Waals surface area contributed by atoms with Crippen molar-refractivity contribution in [3.8, 4) is 5.88 Å². The standard InChI is InChI=1S/C16H18N4O.C2H6/c1-20(2)9-13-8-17-15-14(13)18-11-19-16(15)21-10-12-6-4-3-5-7-12;1-2/h3-8,11,17H,9-10H2,1-2H3;1-2H3. The van der Waals surface area contributed by atoms with Crippen LogP contribution < -0.4 is 4.74 Å². The highest BCUT2D eigenvalue weighted by Crippen LogP contribution is 2.24. The Morgan fingerprint density at radius 3 is 2.52 bits per heavy atom. The Morgan fingerprint density at radius 2 is 1.83 bits per heavy atom. The third-order valence-electron chi connectivity index (χ3n) is 3.21. The molecule has 5 nitrogen and oxygen atoms in total. The number of benzene rings is 1. The topological polar surface area (TPSA) is 54.0 Å². The average molecular weight is 312 g/mol. The van der Waals surface area contributed by atoms with Gasteiger partial charge in [-0.15, -0.1) is 0 Å². The van der Waals surface area contributed by atoms with Gasteiger partial charge in [0.1, 0.15) is 18.5 Å². The Labute approximate surface area is 137 Å². The number of aromatic amines is 1. The summed E-state index contributed by atoms with van der Waals surface area (Å²) in [6, 6.07) is 10.1. The van der Waals surface area contributed by atoms with Crippen LogP contribution in [0.15, 0.2) is 42.9 Å². The lowest BCUT2D eigenvalue weighted by atomic mass is 10.2.